The van der Waals surface area contributed by atoms with Gasteiger partial charge >= 0.3 is 5.97 Å². The van der Waals surface area contributed by atoms with Gasteiger partial charge in [0.05, 0.1) is 24.0 Å². The van der Waals surface area contributed by atoms with Crippen LogP contribution in [0.4, 0.5) is 5.69 Å². The Hall–Kier alpha value is -2.74. The molecule has 0 fully saturated rings. The van der Waals surface area contributed by atoms with E-state index < -0.39 is 22.8 Å². The highest BCUT2D eigenvalue weighted by Gasteiger charge is 2.57. The molecule has 1 heterocycles. The molecule has 0 radical (unpaired) electrons. The summed E-state index contributed by atoms with van der Waals surface area (Å²) in [6.07, 6.45) is -0.0801. The van der Waals surface area contributed by atoms with E-state index in [0.29, 0.717) is 5.69 Å². The molecule has 1 aliphatic heterocycles. The van der Waals surface area contributed by atoms with E-state index in [9.17, 15) is 20.0 Å². The molecule has 7 nitrogen and oxygen atoms in total. The Kier molecular flexibility index (Phi) is 5.79. The molecule has 8 heteroatoms. The van der Waals surface area contributed by atoms with Crippen molar-refractivity contribution in [3.63, 3.8) is 0 Å². The lowest BCUT2D eigenvalue weighted by Crippen LogP contribution is -2.55. The summed E-state index contributed by atoms with van der Waals surface area (Å²) in [5, 5.41) is 24.9. The first-order valence-corrected chi connectivity index (χ1v) is 9.86. The number of nitrogens with zero attached hydrogens (tertiary/aromatic N) is 1. The largest absolute Gasteiger partial charge is 0.506 e. The fraction of sp³-hybridized carbons (Fsp3) is 0.350. The predicted octanol–water partition coefficient (Wildman–Crippen LogP) is 4.01. The number of phenols is 1. The molecule has 3 atom stereocenters. The fourth-order valence-corrected chi connectivity index (χ4v) is 4.88. The zero-order valence-corrected chi connectivity index (χ0v) is 16.4. The zero-order valence-electron chi connectivity index (χ0n) is 15.6. The van der Waals surface area contributed by atoms with Crippen molar-refractivity contribution < 1.29 is 19.6 Å². The number of fused-ring (bicyclic) bond motifs is 1. The minimum Gasteiger partial charge on any atom is -0.506 e. The van der Waals surface area contributed by atoms with Crippen molar-refractivity contribution in [3.05, 3.63) is 64.2 Å². The standard InChI is InChI=1S/C20H22N2O5S/c1-3-27-18(24)12-17-20(2,22(25)26)19(13-8-4-7-11-16(13)28-17)21-14-9-5-6-10-15(14)23/h4-11,17,19,21,23H,3,12H2,1-2H3/t17-,19-,20-/m0/s1. The van der Waals surface area contributed by atoms with Crippen molar-refractivity contribution >= 4 is 23.4 Å². The van der Waals surface area contributed by atoms with Gasteiger partial charge in [-0.3, -0.25) is 14.9 Å². The van der Waals surface area contributed by atoms with Gasteiger partial charge in [-0.2, -0.15) is 0 Å². The Morgan fingerprint density at radius 1 is 1.29 bits per heavy atom. The van der Waals surface area contributed by atoms with Crippen LogP contribution >= 0.6 is 11.8 Å². The van der Waals surface area contributed by atoms with Gasteiger partial charge < -0.3 is 15.2 Å². The van der Waals surface area contributed by atoms with Crippen LogP contribution in [0.1, 0.15) is 31.9 Å². The molecule has 0 saturated carbocycles. The van der Waals surface area contributed by atoms with Gasteiger partial charge in [-0.05, 0) is 30.7 Å². The smallest absolute Gasteiger partial charge is 0.307 e. The Balaban J connectivity index is 2.08. The Morgan fingerprint density at radius 3 is 2.64 bits per heavy atom. The molecule has 0 saturated heterocycles. The molecule has 2 aromatic rings. The molecule has 28 heavy (non-hydrogen) atoms. The Labute approximate surface area is 167 Å². The van der Waals surface area contributed by atoms with Gasteiger partial charge in [-0.15, -0.1) is 11.8 Å². The molecule has 0 aromatic heterocycles. The highest BCUT2D eigenvalue weighted by molar-refractivity contribution is 8.00. The molecule has 2 aromatic carbocycles. The van der Waals surface area contributed by atoms with Gasteiger partial charge in [0.1, 0.15) is 11.8 Å². The van der Waals surface area contributed by atoms with Crippen LogP contribution in [0.3, 0.4) is 0 Å². The minimum atomic E-state index is -1.51. The normalized spacial score (nSPS) is 23.5. The van der Waals surface area contributed by atoms with E-state index in [-0.39, 0.29) is 23.7 Å². The average Bonchev–Trinajstić information content (AvgIpc) is 2.66. The second-order valence-corrected chi connectivity index (χ2v) is 7.98. The number of carbonyl (C=O) groups excluding carboxylic acids is 1. The van der Waals surface area contributed by atoms with Crippen molar-refractivity contribution in [1.82, 2.24) is 0 Å². The number of thioether (sulfide) groups is 1. The number of esters is 1. The van der Waals surface area contributed by atoms with E-state index >= 15 is 0 Å². The van der Waals surface area contributed by atoms with Crippen molar-refractivity contribution in [3.8, 4) is 5.75 Å². The lowest BCUT2D eigenvalue weighted by atomic mass is 9.82. The molecular weight excluding hydrogens is 380 g/mol. The average molecular weight is 402 g/mol. The maximum atomic E-state index is 12.3. The SMILES string of the molecule is CCOC(=O)C[C@@H]1Sc2ccccc2[C@H](Nc2ccccc2O)[C@@]1(C)[N+](=O)[O-]. The number of nitrogens with one attached hydrogen (secondary N) is 1. The first-order chi connectivity index (χ1) is 13.4. The Morgan fingerprint density at radius 2 is 1.96 bits per heavy atom. The number of aromatic hydroxyl groups is 1. The summed E-state index contributed by atoms with van der Waals surface area (Å²) < 4.78 is 5.04. The van der Waals surface area contributed by atoms with Crippen molar-refractivity contribution in [1.29, 1.82) is 0 Å². The van der Waals surface area contributed by atoms with Gasteiger partial charge in [0.2, 0.25) is 0 Å². The molecule has 0 amide bonds. The molecule has 0 spiro atoms. The summed E-state index contributed by atoms with van der Waals surface area (Å²) in [6.45, 7) is 3.47. The molecule has 0 aliphatic carbocycles. The number of benzene rings is 2. The zero-order chi connectivity index (χ0) is 20.3. The van der Waals surface area contributed by atoms with E-state index in [1.54, 1.807) is 25.1 Å². The van der Waals surface area contributed by atoms with Crippen LogP contribution in [0.25, 0.3) is 0 Å². The van der Waals surface area contributed by atoms with Crippen LogP contribution in [0.2, 0.25) is 0 Å². The number of phenolic OH excluding ortho intramolecular Hbond substituents is 1. The van der Waals surface area contributed by atoms with Crippen molar-refractivity contribution in [2.75, 3.05) is 11.9 Å². The predicted molar refractivity (Wildman–Crippen MR) is 107 cm³/mol. The molecule has 148 valence electrons. The molecule has 0 bridgehead atoms. The number of nitro groups is 1. The minimum absolute atomic E-state index is 0.00542. The summed E-state index contributed by atoms with van der Waals surface area (Å²) in [7, 11) is 0. The highest BCUT2D eigenvalue weighted by atomic mass is 32.2. The first kappa shape index (κ1) is 20.0. The second-order valence-electron chi connectivity index (χ2n) is 6.73. The number of hydrogen-bond donors (Lipinski definition) is 2. The van der Waals surface area contributed by atoms with Crippen LogP contribution in [0.15, 0.2) is 53.4 Å². The van der Waals surface area contributed by atoms with E-state index in [1.807, 2.05) is 24.3 Å². The number of ether oxygens (including phenoxy) is 1. The molecule has 2 N–H and O–H groups in total. The highest BCUT2D eigenvalue weighted by Crippen LogP contribution is 2.51. The quantitative estimate of drug-likeness (QED) is 0.326. The van der Waals surface area contributed by atoms with Crippen LogP contribution in [0, 0.1) is 10.1 Å². The first-order valence-electron chi connectivity index (χ1n) is 8.98. The number of rotatable bonds is 6. The Bertz CT molecular complexity index is 890. The lowest BCUT2D eigenvalue weighted by Gasteiger charge is -2.41. The van der Waals surface area contributed by atoms with Gasteiger partial charge in [-0.1, -0.05) is 30.3 Å². The lowest BCUT2D eigenvalue weighted by molar-refractivity contribution is -0.568. The summed E-state index contributed by atoms with van der Waals surface area (Å²) in [6, 6.07) is 13.3. The van der Waals surface area contributed by atoms with Gasteiger partial charge in [-0.25, -0.2) is 0 Å². The van der Waals surface area contributed by atoms with E-state index in [1.165, 1.54) is 24.8 Å². The topological polar surface area (TPSA) is 102 Å². The monoisotopic (exact) mass is 402 g/mol. The molecular formula is C20H22N2O5S. The molecule has 0 unspecified atom stereocenters. The fourth-order valence-electron chi connectivity index (χ4n) is 3.42. The van der Waals surface area contributed by atoms with E-state index in [4.69, 9.17) is 4.74 Å². The van der Waals surface area contributed by atoms with E-state index in [0.717, 1.165) is 10.5 Å². The third kappa shape index (κ3) is 3.64. The number of para-hydroxylation sites is 2. The number of hydrogen-bond acceptors (Lipinski definition) is 7. The third-order valence-corrected chi connectivity index (χ3v) is 6.54. The summed E-state index contributed by atoms with van der Waals surface area (Å²) in [4.78, 5) is 24.9. The van der Waals surface area contributed by atoms with Crippen LogP contribution < -0.4 is 5.32 Å². The van der Waals surface area contributed by atoms with Crippen LogP contribution in [-0.4, -0.2) is 33.4 Å². The maximum absolute atomic E-state index is 12.3. The molecule has 3 rings (SSSR count). The number of anilines is 1. The van der Waals surface area contributed by atoms with Crippen LogP contribution in [0.5, 0.6) is 5.75 Å². The maximum Gasteiger partial charge on any atom is 0.307 e. The van der Waals surface area contributed by atoms with Gasteiger partial charge in [0.15, 0.2) is 0 Å². The summed E-state index contributed by atoms with van der Waals surface area (Å²) in [5.74, 6) is -0.459. The van der Waals surface area contributed by atoms with Gasteiger partial charge in [0, 0.05) is 16.7 Å². The van der Waals surface area contributed by atoms with Crippen molar-refractivity contribution in [2.45, 2.75) is 42.0 Å². The van der Waals surface area contributed by atoms with Crippen LogP contribution in [-0.2, 0) is 9.53 Å². The summed E-state index contributed by atoms with van der Waals surface area (Å²) >= 11 is 1.32. The van der Waals surface area contributed by atoms with E-state index in [2.05, 4.69) is 5.32 Å². The second kappa shape index (κ2) is 8.10. The molecule has 1 aliphatic rings. The third-order valence-electron chi connectivity index (χ3n) is 4.99. The van der Waals surface area contributed by atoms with Gasteiger partial charge in [0.25, 0.3) is 5.54 Å². The summed E-state index contributed by atoms with van der Waals surface area (Å²) in [5.41, 5.74) is -0.346. The van der Waals surface area contributed by atoms with Crippen molar-refractivity contribution in [2.24, 2.45) is 0 Å². The number of carbonyl (C=O) groups is 1.